The van der Waals surface area contributed by atoms with Crippen molar-refractivity contribution in [1.82, 2.24) is 14.6 Å². The van der Waals surface area contributed by atoms with Crippen LogP contribution in [0, 0.1) is 20.8 Å². The molecule has 9 nitrogen and oxygen atoms in total. The highest BCUT2D eigenvalue weighted by atomic mass is 32.2. The second kappa shape index (κ2) is 7.97. The Hall–Kier alpha value is -3.92. The molecule has 0 aliphatic rings. The van der Waals surface area contributed by atoms with E-state index < -0.39 is 16.0 Å². The first-order valence-electron chi connectivity index (χ1n) is 9.69. The third-order valence-corrected chi connectivity index (χ3v) is 6.48. The highest BCUT2D eigenvalue weighted by molar-refractivity contribution is 7.92. The third kappa shape index (κ3) is 4.00. The SMILES string of the molecule is Cc1cccc(S(=O)(=O)Nc2ccc(C)c(Nc3ncnn4cc(C(=O)O)c(C)c34)c2)c1. The molecule has 0 fully saturated rings. The van der Waals surface area contributed by atoms with E-state index in [0.29, 0.717) is 28.3 Å². The molecule has 164 valence electrons. The Morgan fingerprint density at radius 3 is 2.59 bits per heavy atom. The van der Waals surface area contributed by atoms with Crippen LogP contribution in [0.5, 0.6) is 0 Å². The van der Waals surface area contributed by atoms with Crippen molar-refractivity contribution in [3.05, 3.63) is 77.2 Å². The lowest BCUT2D eigenvalue weighted by Crippen LogP contribution is -2.13. The smallest absolute Gasteiger partial charge is 0.337 e. The minimum Gasteiger partial charge on any atom is -0.478 e. The van der Waals surface area contributed by atoms with Crippen molar-refractivity contribution in [2.75, 3.05) is 10.0 Å². The molecule has 3 N–H and O–H groups in total. The number of carbonyl (C=O) groups is 1. The topological polar surface area (TPSA) is 126 Å². The molecular formula is C22H21N5O4S. The fourth-order valence-corrected chi connectivity index (χ4v) is 4.57. The normalized spacial score (nSPS) is 11.5. The number of hydrogen-bond acceptors (Lipinski definition) is 6. The summed E-state index contributed by atoms with van der Waals surface area (Å²) in [7, 11) is -3.76. The third-order valence-electron chi connectivity index (χ3n) is 5.10. The van der Waals surface area contributed by atoms with Gasteiger partial charge >= 0.3 is 5.97 Å². The van der Waals surface area contributed by atoms with Crippen LogP contribution < -0.4 is 10.0 Å². The molecule has 0 atom stereocenters. The molecule has 0 aliphatic heterocycles. The molecule has 0 bridgehead atoms. The average Bonchev–Trinajstić information content (AvgIpc) is 3.08. The number of aryl methyl sites for hydroxylation is 3. The Balaban J connectivity index is 1.69. The van der Waals surface area contributed by atoms with E-state index in [0.717, 1.165) is 11.1 Å². The van der Waals surface area contributed by atoms with E-state index >= 15 is 0 Å². The maximum Gasteiger partial charge on any atom is 0.337 e. The molecular weight excluding hydrogens is 430 g/mol. The molecule has 4 aromatic rings. The summed E-state index contributed by atoms with van der Waals surface area (Å²) >= 11 is 0. The maximum absolute atomic E-state index is 12.8. The maximum atomic E-state index is 12.8. The molecule has 32 heavy (non-hydrogen) atoms. The molecule has 2 aromatic carbocycles. The molecule has 0 unspecified atom stereocenters. The number of nitrogens with one attached hydrogen (secondary N) is 2. The van der Waals surface area contributed by atoms with E-state index in [1.807, 2.05) is 19.9 Å². The minimum atomic E-state index is -3.76. The fraction of sp³-hybridized carbons (Fsp3) is 0.136. The van der Waals surface area contributed by atoms with Gasteiger partial charge in [-0.05, 0) is 61.7 Å². The lowest BCUT2D eigenvalue weighted by atomic mass is 10.1. The van der Waals surface area contributed by atoms with E-state index in [-0.39, 0.29) is 10.5 Å². The molecule has 0 amide bonds. The summed E-state index contributed by atoms with van der Waals surface area (Å²) in [6.07, 6.45) is 2.75. The molecule has 0 saturated heterocycles. The van der Waals surface area contributed by atoms with Gasteiger partial charge in [0.15, 0.2) is 5.82 Å². The van der Waals surface area contributed by atoms with Crippen LogP contribution in [-0.4, -0.2) is 34.1 Å². The van der Waals surface area contributed by atoms with Crippen LogP contribution in [0.1, 0.15) is 27.0 Å². The van der Waals surface area contributed by atoms with Gasteiger partial charge in [-0.2, -0.15) is 5.10 Å². The van der Waals surface area contributed by atoms with Crippen molar-refractivity contribution < 1.29 is 18.3 Å². The summed E-state index contributed by atoms with van der Waals surface area (Å²) in [4.78, 5) is 15.9. The Labute approximate surface area is 184 Å². The highest BCUT2D eigenvalue weighted by Crippen LogP contribution is 2.29. The lowest BCUT2D eigenvalue weighted by Gasteiger charge is -2.14. The summed E-state index contributed by atoms with van der Waals surface area (Å²) in [5, 5.41) is 16.7. The second-order valence-electron chi connectivity index (χ2n) is 7.45. The van der Waals surface area contributed by atoms with Crippen LogP contribution in [-0.2, 0) is 10.0 Å². The quantitative estimate of drug-likeness (QED) is 0.406. The van der Waals surface area contributed by atoms with Gasteiger partial charge in [-0.15, -0.1) is 0 Å². The Kier molecular flexibility index (Phi) is 5.31. The van der Waals surface area contributed by atoms with Gasteiger partial charge in [0, 0.05) is 11.9 Å². The van der Waals surface area contributed by atoms with Gasteiger partial charge < -0.3 is 10.4 Å². The van der Waals surface area contributed by atoms with Crippen molar-refractivity contribution >= 4 is 38.7 Å². The van der Waals surface area contributed by atoms with Gasteiger partial charge in [-0.25, -0.2) is 22.7 Å². The van der Waals surface area contributed by atoms with Crippen molar-refractivity contribution in [3.63, 3.8) is 0 Å². The summed E-state index contributed by atoms with van der Waals surface area (Å²) in [6, 6.07) is 11.8. The van der Waals surface area contributed by atoms with Crippen molar-refractivity contribution in [1.29, 1.82) is 0 Å². The van der Waals surface area contributed by atoms with Crippen LogP contribution >= 0.6 is 0 Å². The van der Waals surface area contributed by atoms with Gasteiger partial charge in [0.2, 0.25) is 0 Å². The highest BCUT2D eigenvalue weighted by Gasteiger charge is 2.18. The van der Waals surface area contributed by atoms with Crippen molar-refractivity contribution in [2.45, 2.75) is 25.7 Å². The molecule has 2 aromatic heterocycles. The molecule has 0 spiro atoms. The number of anilines is 3. The van der Waals surface area contributed by atoms with E-state index in [4.69, 9.17) is 0 Å². The number of nitrogens with zero attached hydrogens (tertiary/aromatic N) is 3. The van der Waals surface area contributed by atoms with E-state index in [9.17, 15) is 18.3 Å². The van der Waals surface area contributed by atoms with E-state index in [1.165, 1.54) is 23.1 Å². The number of aromatic carboxylic acids is 1. The largest absolute Gasteiger partial charge is 0.478 e. The number of carboxylic acid groups (broad SMARTS) is 1. The van der Waals surface area contributed by atoms with E-state index in [2.05, 4.69) is 20.1 Å². The first-order chi connectivity index (χ1) is 15.2. The summed E-state index contributed by atoms with van der Waals surface area (Å²) in [5.41, 5.74) is 3.86. The predicted octanol–water partition coefficient (Wildman–Crippen LogP) is 3.90. The fourth-order valence-electron chi connectivity index (χ4n) is 3.41. The van der Waals surface area contributed by atoms with Crippen LogP contribution in [0.2, 0.25) is 0 Å². The van der Waals surface area contributed by atoms with Gasteiger partial charge in [0.1, 0.15) is 11.8 Å². The number of sulfonamides is 1. The Morgan fingerprint density at radius 1 is 1.09 bits per heavy atom. The zero-order chi connectivity index (χ0) is 23.0. The van der Waals surface area contributed by atoms with Gasteiger partial charge in [-0.1, -0.05) is 18.2 Å². The molecule has 10 heteroatoms. The first-order valence-corrected chi connectivity index (χ1v) is 11.2. The van der Waals surface area contributed by atoms with Crippen LogP contribution in [0.3, 0.4) is 0 Å². The minimum absolute atomic E-state index is 0.130. The van der Waals surface area contributed by atoms with Crippen molar-refractivity contribution in [3.8, 4) is 0 Å². The van der Waals surface area contributed by atoms with Gasteiger partial charge in [0.05, 0.1) is 16.1 Å². The number of hydrogen-bond donors (Lipinski definition) is 3. The predicted molar refractivity (Wildman–Crippen MR) is 121 cm³/mol. The first kappa shape index (κ1) is 21.3. The van der Waals surface area contributed by atoms with Crippen LogP contribution in [0.4, 0.5) is 17.2 Å². The molecule has 0 aliphatic carbocycles. The standard InChI is InChI=1S/C22H21N5O4S/c1-13-5-4-6-17(9-13)32(30,31)26-16-8-7-14(2)19(10-16)25-21-20-15(3)18(22(28)29)11-27(20)24-12-23-21/h4-12,26H,1-3H3,(H,28,29)(H,23,24,25). The summed E-state index contributed by atoms with van der Waals surface area (Å²) in [6.45, 7) is 5.38. The number of rotatable bonds is 6. The monoisotopic (exact) mass is 451 g/mol. The zero-order valence-corrected chi connectivity index (χ0v) is 18.4. The molecule has 4 rings (SSSR count). The van der Waals surface area contributed by atoms with Gasteiger partial charge in [0.25, 0.3) is 10.0 Å². The Bertz CT molecular complexity index is 1460. The molecule has 0 saturated carbocycles. The zero-order valence-electron chi connectivity index (χ0n) is 17.6. The lowest BCUT2D eigenvalue weighted by molar-refractivity contribution is 0.0696. The molecule has 0 radical (unpaired) electrons. The second-order valence-corrected chi connectivity index (χ2v) is 9.13. The van der Waals surface area contributed by atoms with Crippen molar-refractivity contribution in [2.24, 2.45) is 0 Å². The van der Waals surface area contributed by atoms with Crippen LogP contribution in [0.25, 0.3) is 5.52 Å². The number of aromatic nitrogens is 3. The number of carboxylic acids is 1. The Morgan fingerprint density at radius 2 is 1.88 bits per heavy atom. The van der Waals surface area contributed by atoms with E-state index in [1.54, 1.807) is 37.3 Å². The average molecular weight is 452 g/mol. The number of fused-ring (bicyclic) bond motifs is 1. The summed E-state index contributed by atoms with van der Waals surface area (Å²) < 4.78 is 29.6. The van der Waals surface area contributed by atoms with Gasteiger partial charge in [-0.3, -0.25) is 4.72 Å². The summed E-state index contributed by atoms with van der Waals surface area (Å²) in [5.74, 6) is -0.644. The molecule has 2 heterocycles. The van der Waals surface area contributed by atoms with Crippen LogP contribution in [0.15, 0.2) is 59.9 Å². The number of benzene rings is 2.